The molecule has 0 saturated carbocycles. The number of hydrogen-bond acceptors (Lipinski definition) is 5. The predicted octanol–water partition coefficient (Wildman–Crippen LogP) is 8.86. The molecule has 0 spiro atoms. The SMILES string of the molecule is C/C=C1\N(CC)c2ccc(OC)cc2C1(C)Cc1cccc(F)c1.CCC.CCC.N=C(OCN)c1ccccc1. The Morgan fingerprint density at radius 3 is 2.10 bits per heavy atom. The number of nitrogens with two attached hydrogens (primary N) is 1. The summed E-state index contributed by atoms with van der Waals surface area (Å²) in [5.74, 6) is 0.787. The van der Waals surface area contributed by atoms with Gasteiger partial charge in [-0.05, 0) is 80.8 Å². The van der Waals surface area contributed by atoms with E-state index >= 15 is 0 Å². The number of methoxy groups -OCH3 is 1. The van der Waals surface area contributed by atoms with E-state index in [4.69, 9.17) is 20.6 Å². The standard InChI is InChI=1S/C21H24FNO.C8H10N2O.2C3H8/c1-5-20-21(3,14-15-8-7-9-16(22)12-15)18-13-17(24-4)10-11-19(18)23(20)6-2;9-6-11-8(10)7-4-2-1-3-5-7;2*1-3-2/h5,7-13H,6,14H2,1-4H3;1-5,10H,6,9H2;2*3H2,1-2H3/b20-5-;;;. The molecule has 41 heavy (non-hydrogen) atoms. The second-order valence-electron chi connectivity index (χ2n) is 9.86. The van der Waals surface area contributed by atoms with Gasteiger partial charge in [0, 0.05) is 28.9 Å². The molecule has 3 aromatic rings. The first-order valence-electron chi connectivity index (χ1n) is 14.5. The number of nitrogens with zero attached hydrogens (tertiary/aromatic N) is 1. The molecule has 1 atom stereocenters. The summed E-state index contributed by atoms with van der Waals surface area (Å²) >= 11 is 0. The summed E-state index contributed by atoms with van der Waals surface area (Å²) in [6, 6.07) is 22.3. The summed E-state index contributed by atoms with van der Waals surface area (Å²) < 4.78 is 23.9. The zero-order valence-electron chi connectivity index (χ0n) is 26.3. The van der Waals surface area contributed by atoms with Crippen LogP contribution in [0.25, 0.3) is 0 Å². The Labute approximate surface area is 247 Å². The highest BCUT2D eigenvalue weighted by Gasteiger charge is 2.43. The molecule has 4 rings (SSSR count). The van der Waals surface area contributed by atoms with E-state index in [1.807, 2.05) is 30.3 Å². The van der Waals surface area contributed by atoms with Gasteiger partial charge in [0.25, 0.3) is 0 Å². The summed E-state index contributed by atoms with van der Waals surface area (Å²) in [6.07, 6.45) is 5.43. The van der Waals surface area contributed by atoms with Gasteiger partial charge in [0.05, 0.1) is 7.11 Å². The highest BCUT2D eigenvalue weighted by atomic mass is 19.1. The van der Waals surface area contributed by atoms with E-state index in [1.54, 1.807) is 31.4 Å². The van der Waals surface area contributed by atoms with Gasteiger partial charge in [0.15, 0.2) is 0 Å². The van der Waals surface area contributed by atoms with E-state index in [-0.39, 0.29) is 23.9 Å². The van der Waals surface area contributed by atoms with Gasteiger partial charge in [-0.2, -0.15) is 0 Å². The minimum Gasteiger partial charge on any atom is -0.497 e. The van der Waals surface area contributed by atoms with E-state index in [0.717, 1.165) is 29.8 Å². The molecule has 0 radical (unpaired) electrons. The molecule has 5 nitrogen and oxygen atoms in total. The molecule has 6 heteroatoms. The number of likely N-dealkylation sites (N-methyl/N-ethyl adjacent to an activating group) is 1. The minimum atomic E-state index is -0.206. The number of benzene rings is 3. The maximum atomic E-state index is 13.7. The Balaban J connectivity index is 0.000000410. The van der Waals surface area contributed by atoms with Crippen molar-refractivity contribution in [2.24, 2.45) is 5.73 Å². The molecular weight excluding hydrogens is 513 g/mol. The van der Waals surface area contributed by atoms with Gasteiger partial charge >= 0.3 is 0 Å². The Bertz CT molecular complexity index is 1210. The molecule has 0 amide bonds. The highest BCUT2D eigenvalue weighted by Crippen LogP contribution is 2.50. The van der Waals surface area contributed by atoms with Crippen LogP contribution in [0.2, 0.25) is 0 Å². The van der Waals surface area contributed by atoms with Crippen LogP contribution in [0.4, 0.5) is 10.1 Å². The summed E-state index contributed by atoms with van der Waals surface area (Å²) in [6.45, 7) is 15.9. The predicted molar refractivity (Wildman–Crippen MR) is 173 cm³/mol. The first-order chi connectivity index (χ1) is 19.7. The minimum absolute atomic E-state index is 0.0493. The summed E-state index contributed by atoms with van der Waals surface area (Å²) in [7, 11) is 1.69. The third-order valence-electron chi connectivity index (χ3n) is 6.25. The molecule has 3 N–H and O–H groups in total. The number of halogens is 1. The highest BCUT2D eigenvalue weighted by molar-refractivity contribution is 5.91. The van der Waals surface area contributed by atoms with Gasteiger partial charge < -0.3 is 14.4 Å². The van der Waals surface area contributed by atoms with Crippen molar-refractivity contribution >= 4 is 11.6 Å². The molecule has 1 aliphatic heterocycles. The van der Waals surface area contributed by atoms with Crippen molar-refractivity contribution in [2.45, 2.75) is 73.1 Å². The van der Waals surface area contributed by atoms with Gasteiger partial charge in [-0.15, -0.1) is 0 Å². The average Bonchev–Trinajstić information content (AvgIpc) is 3.20. The summed E-state index contributed by atoms with van der Waals surface area (Å²) in [5, 5.41) is 7.33. The maximum absolute atomic E-state index is 13.7. The normalized spacial score (nSPS) is 15.8. The summed E-state index contributed by atoms with van der Waals surface area (Å²) in [4.78, 5) is 2.34. The second kappa shape index (κ2) is 18.7. The van der Waals surface area contributed by atoms with E-state index in [1.165, 1.54) is 35.9 Å². The number of nitrogens with one attached hydrogen (secondary N) is 1. The van der Waals surface area contributed by atoms with Crippen molar-refractivity contribution < 1.29 is 13.9 Å². The van der Waals surface area contributed by atoms with Crippen molar-refractivity contribution in [3.05, 3.63) is 107 Å². The Morgan fingerprint density at radius 2 is 1.59 bits per heavy atom. The van der Waals surface area contributed by atoms with Crippen molar-refractivity contribution in [3.63, 3.8) is 0 Å². The fraction of sp³-hybridized carbons (Fsp3) is 0.400. The Kier molecular flexibility index (Phi) is 16.1. The molecule has 1 unspecified atom stereocenters. The van der Waals surface area contributed by atoms with Crippen LogP contribution in [-0.2, 0) is 16.6 Å². The smallest absolute Gasteiger partial charge is 0.214 e. The zero-order chi connectivity index (χ0) is 30.8. The van der Waals surface area contributed by atoms with Crippen molar-refractivity contribution in [1.29, 1.82) is 5.41 Å². The molecule has 0 aromatic heterocycles. The van der Waals surface area contributed by atoms with Crippen LogP contribution in [0.15, 0.2) is 84.6 Å². The molecule has 0 aliphatic carbocycles. The first kappa shape index (κ1) is 35.4. The second-order valence-corrected chi connectivity index (χ2v) is 9.86. The van der Waals surface area contributed by atoms with Crippen molar-refractivity contribution in [2.75, 3.05) is 25.3 Å². The number of anilines is 1. The Morgan fingerprint density at radius 1 is 0.951 bits per heavy atom. The van der Waals surface area contributed by atoms with Gasteiger partial charge in [-0.1, -0.05) is 76.9 Å². The number of ether oxygens (including phenoxy) is 2. The lowest BCUT2D eigenvalue weighted by Gasteiger charge is -2.30. The van der Waals surface area contributed by atoms with Gasteiger partial charge in [0.1, 0.15) is 18.3 Å². The third-order valence-corrected chi connectivity index (χ3v) is 6.25. The molecule has 0 bridgehead atoms. The van der Waals surface area contributed by atoms with Crippen LogP contribution in [0, 0.1) is 11.2 Å². The third kappa shape index (κ3) is 10.0. The fourth-order valence-electron chi connectivity index (χ4n) is 4.70. The van der Waals surface area contributed by atoms with E-state index in [9.17, 15) is 4.39 Å². The molecule has 0 saturated heterocycles. The van der Waals surface area contributed by atoms with Gasteiger partial charge in [-0.25, -0.2) is 4.39 Å². The number of fused-ring (bicyclic) bond motifs is 1. The monoisotopic (exact) mass is 563 g/mol. The summed E-state index contributed by atoms with van der Waals surface area (Å²) in [5.41, 5.74) is 10.4. The topological polar surface area (TPSA) is 71.6 Å². The molecular formula is C35H50FN3O2. The first-order valence-corrected chi connectivity index (χ1v) is 14.5. The maximum Gasteiger partial charge on any atom is 0.214 e. The van der Waals surface area contributed by atoms with Crippen LogP contribution in [0.5, 0.6) is 5.75 Å². The number of allylic oxidation sites excluding steroid dienone is 2. The molecule has 1 heterocycles. The lowest BCUT2D eigenvalue weighted by Crippen LogP contribution is -2.30. The van der Waals surface area contributed by atoms with Gasteiger partial charge in [0.2, 0.25) is 5.90 Å². The van der Waals surface area contributed by atoms with Crippen LogP contribution in [-0.4, -0.2) is 26.3 Å². The van der Waals surface area contributed by atoms with Crippen LogP contribution in [0.1, 0.15) is 78.0 Å². The van der Waals surface area contributed by atoms with Crippen LogP contribution >= 0.6 is 0 Å². The van der Waals surface area contributed by atoms with E-state index < -0.39 is 0 Å². The zero-order valence-corrected chi connectivity index (χ0v) is 26.3. The molecule has 224 valence electrons. The molecule has 1 aliphatic rings. The van der Waals surface area contributed by atoms with Crippen LogP contribution in [0.3, 0.4) is 0 Å². The quantitative estimate of drug-likeness (QED) is 0.178. The largest absolute Gasteiger partial charge is 0.497 e. The fourth-order valence-corrected chi connectivity index (χ4v) is 4.70. The van der Waals surface area contributed by atoms with Crippen molar-refractivity contribution in [3.8, 4) is 5.75 Å². The Hall–Kier alpha value is -3.64. The molecule has 3 aromatic carbocycles. The van der Waals surface area contributed by atoms with E-state index in [0.29, 0.717) is 0 Å². The number of rotatable bonds is 6. The van der Waals surface area contributed by atoms with Crippen molar-refractivity contribution in [1.82, 2.24) is 0 Å². The van der Waals surface area contributed by atoms with Gasteiger partial charge in [-0.3, -0.25) is 11.1 Å². The number of hydrogen-bond donors (Lipinski definition) is 2. The lowest BCUT2D eigenvalue weighted by atomic mass is 9.76. The average molecular weight is 564 g/mol. The molecule has 0 fully saturated rings. The van der Waals surface area contributed by atoms with Crippen LogP contribution < -0.4 is 15.4 Å². The van der Waals surface area contributed by atoms with E-state index in [2.05, 4.69) is 71.6 Å². The lowest BCUT2D eigenvalue weighted by molar-refractivity contribution is 0.315.